The van der Waals surface area contributed by atoms with Crippen LogP contribution in [0.25, 0.3) is 0 Å². The third-order valence-corrected chi connectivity index (χ3v) is 2.04. The maximum Gasteiger partial charge on any atom is 0.283 e. The monoisotopic (exact) mass is 247 g/mol. The number of carbonyl (C=O) groups excluding carboxylic acids is 1. The summed E-state index contributed by atoms with van der Waals surface area (Å²) in [5, 5.41) is 10.3. The zero-order valence-electron chi connectivity index (χ0n) is 6.16. The minimum Gasteiger partial charge on any atom is -0.298 e. The Bertz CT molecular complexity index is 380. The lowest BCUT2D eigenvalue weighted by molar-refractivity contribution is -0.385. The summed E-state index contributed by atoms with van der Waals surface area (Å²) in [6.07, 6.45) is 0.307. The molecule has 0 saturated carbocycles. The Labute approximate surface area is 80.6 Å². The van der Waals surface area contributed by atoms with Crippen LogP contribution in [0, 0.1) is 15.9 Å². The van der Waals surface area contributed by atoms with Gasteiger partial charge >= 0.3 is 0 Å². The van der Waals surface area contributed by atoms with E-state index in [0.29, 0.717) is 12.4 Å². The van der Waals surface area contributed by atoms with E-state index in [0.717, 1.165) is 6.07 Å². The SMILES string of the molecule is O=Cc1c(Br)cc(F)cc1[N+](=O)[O-]. The number of benzene rings is 1. The largest absolute Gasteiger partial charge is 0.298 e. The lowest BCUT2D eigenvalue weighted by Gasteiger charge is -1.98. The highest BCUT2D eigenvalue weighted by molar-refractivity contribution is 9.10. The molecule has 0 heterocycles. The number of hydrogen-bond acceptors (Lipinski definition) is 3. The maximum absolute atomic E-state index is 12.7. The van der Waals surface area contributed by atoms with Gasteiger partial charge in [0.2, 0.25) is 0 Å². The highest BCUT2D eigenvalue weighted by atomic mass is 79.9. The molecule has 0 aliphatic rings. The third-order valence-electron chi connectivity index (χ3n) is 1.39. The van der Waals surface area contributed by atoms with Crippen LogP contribution in [0.2, 0.25) is 0 Å². The van der Waals surface area contributed by atoms with Crippen LogP contribution >= 0.6 is 15.9 Å². The molecule has 0 atom stereocenters. The van der Waals surface area contributed by atoms with Gasteiger partial charge in [-0.25, -0.2) is 4.39 Å². The molecular weight excluding hydrogens is 245 g/mol. The summed E-state index contributed by atoms with van der Waals surface area (Å²) < 4.78 is 12.7. The van der Waals surface area contributed by atoms with Gasteiger partial charge in [-0.05, 0) is 22.0 Å². The Balaban J connectivity index is 3.46. The average Bonchev–Trinajstić information content (AvgIpc) is 2.02. The molecule has 68 valence electrons. The fourth-order valence-electron chi connectivity index (χ4n) is 0.839. The summed E-state index contributed by atoms with van der Waals surface area (Å²) in [7, 11) is 0. The average molecular weight is 248 g/mol. The van der Waals surface area contributed by atoms with Crippen molar-refractivity contribution in [1.82, 2.24) is 0 Å². The van der Waals surface area contributed by atoms with E-state index in [1.165, 1.54) is 0 Å². The van der Waals surface area contributed by atoms with Crippen molar-refractivity contribution >= 4 is 27.9 Å². The van der Waals surface area contributed by atoms with E-state index in [4.69, 9.17) is 0 Å². The molecule has 0 bridgehead atoms. The molecule has 0 aliphatic heterocycles. The minimum atomic E-state index is -0.808. The van der Waals surface area contributed by atoms with E-state index in [1.54, 1.807) is 0 Å². The van der Waals surface area contributed by atoms with Crippen molar-refractivity contribution < 1.29 is 14.1 Å². The predicted molar refractivity (Wildman–Crippen MR) is 46.1 cm³/mol. The normalized spacial score (nSPS) is 9.69. The van der Waals surface area contributed by atoms with Gasteiger partial charge in [0.15, 0.2) is 6.29 Å². The molecule has 0 radical (unpaired) electrons. The van der Waals surface area contributed by atoms with E-state index in [-0.39, 0.29) is 10.0 Å². The van der Waals surface area contributed by atoms with Crippen molar-refractivity contribution in [2.45, 2.75) is 0 Å². The third kappa shape index (κ3) is 1.89. The Kier molecular flexibility index (Phi) is 2.72. The molecule has 13 heavy (non-hydrogen) atoms. The Morgan fingerprint density at radius 1 is 1.54 bits per heavy atom. The van der Waals surface area contributed by atoms with E-state index >= 15 is 0 Å². The molecule has 0 aliphatic carbocycles. The first kappa shape index (κ1) is 9.79. The summed E-state index contributed by atoms with van der Waals surface area (Å²) in [6.45, 7) is 0. The van der Waals surface area contributed by atoms with Gasteiger partial charge in [0.1, 0.15) is 11.4 Å². The summed E-state index contributed by atoms with van der Waals surface area (Å²) in [4.78, 5) is 19.9. The number of rotatable bonds is 2. The number of aldehydes is 1. The van der Waals surface area contributed by atoms with Crippen LogP contribution in [-0.2, 0) is 0 Å². The van der Waals surface area contributed by atoms with Gasteiger partial charge in [-0.3, -0.25) is 14.9 Å². The van der Waals surface area contributed by atoms with Crippen LogP contribution in [0.5, 0.6) is 0 Å². The van der Waals surface area contributed by atoms with Gasteiger partial charge in [0.05, 0.1) is 11.0 Å². The number of nitro benzene ring substituents is 1. The highest BCUT2D eigenvalue weighted by Gasteiger charge is 2.17. The molecule has 0 unspecified atom stereocenters. The summed E-state index contributed by atoms with van der Waals surface area (Å²) in [5.74, 6) is -0.760. The molecule has 1 aromatic rings. The summed E-state index contributed by atoms with van der Waals surface area (Å²) in [6, 6.07) is 1.70. The van der Waals surface area contributed by atoms with Gasteiger partial charge in [-0.15, -0.1) is 0 Å². The zero-order valence-corrected chi connectivity index (χ0v) is 7.75. The second kappa shape index (κ2) is 3.61. The van der Waals surface area contributed by atoms with Crippen molar-refractivity contribution in [1.29, 1.82) is 0 Å². The number of carbonyl (C=O) groups is 1. The van der Waals surface area contributed by atoms with Crippen LogP contribution in [0.3, 0.4) is 0 Å². The quantitative estimate of drug-likeness (QED) is 0.458. The van der Waals surface area contributed by atoms with Gasteiger partial charge in [0.25, 0.3) is 5.69 Å². The predicted octanol–water partition coefficient (Wildman–Crippen LogP) is 2.31. The minimum absolute atomic E-state index is 0.0780. The second-order valence-electron chi connectivity index (χ2n) is 2.20. The van der Waals surface area contributed by atoms with Crippen molar-refractivity contribution in [3.05, 3.63) is 38.1 Å². The fraction of sp³-hybridized carbons (Fsp3) is 0. The molecule has 0 aromatic heterocycles. The topological polar surface area (TPSA) is 60.2 Å². The number of halogens is 2. The molecule has 1 rings (SSSR count). The lowest BCUT2D eigenvalue weighted by atomic mass is 10.2. The molecule has 6 heteroatoms. The van der Waals surface area contributed by atoms with E-state index in [2.05, 4.69) is 15.9 Å². The molecule has 0 N–H and O–H groups in total. The molecule has 4 nitrogen and oxygen atoms in total. The fourth-order valence-corrected chi connectivity index (χ4v) is 1.35. The van der Waals surface area contributed by atoms with Gasteiger partial charge in [-0.2, -0.15) is 0 Å². The number of hydrogen-bond donors (Lipinski definition) is 0. The van der Waals surface area contributed by atoms with Crippen LogP contribution < -0.4 is 0 Å². The smallest absolute Gasteiger partial charge is 0.283 e. The van der Waals surface area contributed by atoms with Crippen molar-refractivity contribution in [3.63, 3.8) is 0 Å². The first-order chi connectivity index (χ1) is 6.06. The van der Waals surface area contributed by atoms with Crippen molar-refractivity contribution in [3.8, 4) is 0 Å². The Morgan fingerprint density at radius 3 is 2.62 bits per heavy atom. The molecular formula is C7H3BrFNO3. The van der Waals surface area contributed by atoms with Gasteiger partial charge < -0.3 is 0 Å². The molecule has 0 saturated heterocycles. The molecule has 1 aromatic carbocycles. The summed E-state index contributed by atoms with van der Waals surface area (Å²) in [5.41, 5.74) is -0.701. The maximum atomic E-state index is 12.7. The first-order valence-corrected chi connectivity index (χ1v) is 3.94. The number of nitrogens with zero attached hydrogens (tertiary/aromatic N) is 1. The van der Waals surface area contributed by atoms with Crippen molar-refractivity contribution in [2.24, 2.45) is 0 Å². The van der Waals surface area contributed by atoms with E-state index < -0.39 is 16.4 Å². The molecule has 0 spiro atoms. The molecule has 0 amide bonds. The highest BCUT2D eigenvalue weighted by Crippen LogP contribution is 2.26. The first-order valence-electron chi connectivity index (χ1n) is 3.15. The number of nitro groups is 1. The Hall–Kier alpha value is -1.30. The second-order valence-corrected chi connectivity index (χ2v) is 3.05. The van der Waals surface area contributed by atoms with E-state index in [1.807, 2.05) is 0 Å². The standard InChI is InChI=1S/C7H3BrFNO3/c8-6-1-4(9)2-7(10(12)13)5(6)3-11/h1-3H. The zero-order chi connectivity index (χ0) is 10.0. The van der Waals surface area contributed by atoms with Crippen molar-refractivity contribution in [2.75, 3.05) is 0 Å². The van der Waals surface area contributed by atoms with Crippen LogP contribution in [0.4, 0.5) is 10.1 Å². The lowest BCUT2D eigenvalue weighted by Crippen LogP contribution is -1.96. The van der Waals surface area contributed by atoms with Crippen LogP contribution in [0.1, 0.15) is 10.4 Å². The van der Waals surface area contributed by atoms with Crippen LogP contribution in [-0.4, -0.2) is 11.2 Å². The van der Waals surface area contributed by atoms with E-state index in [9.17, 15) is 19.3 Å². The molecule has 0 fully saturated rings. The Morgan fingerprint density at radius 2 is 2.15 bits per heavy atom. The van der Waals surface area contributed by atoms with Gasteiger partial charge in [-0.1, -0.05) is 0 Å². The van der Waals surface area contributed by atoms with Crippen LogP contribution in [0.15, 0.2) is 16.6 Å². The summed E-state index contributed by atoms with van der Waals surface area (Å²) >= 11 is 2.85. The van der Waals surface area contributed by atoms with Gasteiger partial charge in [0, 0.05) is 4.47 Å².